The number of hydrogen-bond acceptors (Lipinski definition) is 0. The molecule has 0 nitrogen and oxygen atoms in total. The Labute approximate surface area is 294 Å². The maximum absolute atomic E-state index is 5.59. The minimum absolute atomic E-state index is 0.281. The quantitative estimate of drug-likeness (QED) is 0.136. The molecule has 0 aliphatic heterocycles. The van der Waals surface area contributed by atoms with E-state index in [9.17, 15) is 0 Å². The van der Waals surface area contributed by atoms with Crippen LogP contribution in [0.5, 0.6) is 0 Å². The number of allylic oxidation sites excluding steroid dienone is 2. The summed E-state index contributed by atoms with van der Waals surface area (Å²) in [6, 6.07) is 59.3. The van der Waals surface area contributed by atoms with Crippen LogP contribution in [0.4, 0.5) is 0 Å². The molecule has 0 saturated carbocycles. The van der Waals surface area contributed by atoms with Crippen molar-refractivity contribution < 1.29 is 14.4 Å². The Balaban J connectivity index is 1.51. The topological polar surface area (TPSA) is 0 Å². The molecule has 0 fully saturated rings. The van der Waals surface area contributed by atoms with E-state index in [2.05, 4.69) is 200 Å². The molecule has 0 heterocycles. The second-order valence-corrected chi connectivity index (χ2v) is 71.0. The van der Waals surface area contributed by atoms with Gasteiger partial charge < -0.3 is 0 Å². The molecule has 248 valence electrons. The van der Waals surface area contributed by atoms with Gasteiger partial charge in [-0.2, -0.15) is 0 Å². The molecule has 0 spiro atoms. The molecule has 0 saturated heterocycles. The van der Waals surface area contributed by atoms with Crippen LogP contribution in [-0.4, -0.2) is 6.88 Å². The molecular formula is C48H48SiZr. The van der Waals surface area contributed by atoms with Gasteiger partial charge in [-0.05, 0) is 0 Å². The molecule has 6 aromatic rings. The summed E-state index contributed by atoms with van der Waals surface area (Å²) in [6.07, 6.45) is 5.14. The standard InChI is InChI=1S/2C16H13.2C7H7.2CH3.H2Si.Zr/c2*1-12-10-14-8-5-9-15(16(14)11-12)13-6-3-2-4-7-13;2*1-7-5-3-2-4-6-7;;;;/h2*2-11H,1H3;2*2-6H,1H2;2*1H3;1H2;. The molecule has 0 aromatic heterocycles. The van der Waals surface area contributed by atoms with Gasteiger partial charge in [0.15, 0.2) is 0 Å². The third-order valence-electron chi connectivity index (χ3n) is 13.1. The van der Waals surface area contributed by atoms with Crippen LogP contribution in [-0.2, 0) is 22.7 Å². The van der Waals surface area contributed by atoms with Crippen LogP contribution in [0.1, 0.15) is 54.5 Å². The van der Waals surface area contributed by atoms with Gasteiger partial charge in [-0.3, -0.25) is 0 Å². The van der Waals surface area contributed by atoms with Crippen LogP contribution in [0, 0.1) is 0 Å². The van der Waals surface area contributed by atoms with Gasteiger partial charge in [0.1, 0.15) is 0 Å². The summed E-state index contributed by atoms with van der Waals surface area (Å²) in [5, 5.41) is 0. The molecule has 2 aliphatic carbocycles. The molecular weight excluding hydrogens is 696 g/mol. The number of rotatable bonds is 8. The van der Waals surface area contributed by atoms with E-state index in [0.29, 0.717) is 0 Å². The molecule has 0 amide bonds. The number of fused-ring (bicyclic) bond motifs is 2. The summed E-state index contributed by atoms with van der Waals surface area (Å²) in [6.45, 7) is 7.44. The Morgan fingerprint density at radius 2 is 0.780 bits per heavy atom. The summed E-state index contributed by atoms with van der Waals surface area (Å²) in [7, 11) is 0. The van der Waals surface area contributed by atoms with Crippen LogP contribution in [0.25, 0.3) is 34.4 Å². The van der Waals surface area contributed by atoms with Crippen molar-refractivity contribution in [2.45, 2.75) is 38.6 Å². The fraction of sp³-hybridized carbons (Fsp3) is 0.167. The maximum atomic E-state index is 2.90. The van der Waals surface area contributed by atoms with Gasteiger partial charge in [0, 0.05) is 0 Å². The Morgan fingerprint density at radius 1 is 0.440 bits per heavy atom. The van der Waals surface area contributed by atoms with Crippen molar-refractivity contribution in [2.75, 3.05) is 0 Å². The predicted molar refractivity (Wildman–Crippen MR) is 217 cm³/mol. The van der Waals surface area contributed by atoms with Crippen molar-refractivity contribution in [1.82, 2.24) is 0 Å². The Hall–Kier alpha value is -4.10. The third kappa shape index (κ3) is 4.94. The summed E-state index contributed by atoms with van der Waals surface area (Å²) < 4.78 is 8.50. The molecule has 2 atom stereocenters. The van der Waals surface area contributed by atoms with Gasteiger partial charge in [0.25, 0.3) is 0 Å². The molecule has 0 N–H and O–H groups in total. The van der Waals surface area contributed by atoms with Crippen molar-refractivity contribution in [3.8, 4) is 22.3 Å². The van der Waals surface area contributed by atoms with Gasteiger partial charge in [0.2, 0.25) is 0 Å². The molecule has 0 bridgehead atoms. The van der Waals surface area contributed by atoms with E-state index >= 15 is 0 Å². The van der Waals surface area contributed by atoms with E-state index in [-0.39, 0.29) is 7.25 Å². The Morgan fingerprint density at radius 3 is 1.14 bits per heavy atom. The van der Waals surface area contributed by atoms with Crippen molar-refractivity contribution in [3.05, 3.63) is 202 Å². The minimum atomic E-state index is -5.59. The van der Waals surface area contributed by atoms with Crippen LogP contribution < -0.4 is 0 Å². The summed E-state index contributed by atoms with van der Waals surface area (Å²) in [5.74, 6) is 0. The molecule has 0 radical (unpaired) electrons. The molecule has 6 aromatic carbocycles. The average molecular weight is 744 g/mol. The normalized spacial score (nSPS) is 18.8. The molecule has 2 unspecified atom stereocenters. The van der Waals surface area contributed by atoms with Crippen molar-refractivity contribution in [3.63, 3.8) is 0 Å². The first-order valence-corrected chi connectivity index (χ1v) is 35.4. The van der Waals surface area contributed by atoms with Crippen molar-refractivity contribution in [1.29, 1.82) is 0 Å². The summed E-state index contributed by atoms with van der Waals surface area (Å²) in [4.78, 5) is 0. The van der Waals surface area contributed by atoms with E-state index in [1.165, 1.54) is 66.8 Å². The zero-order valence-corrected chi connectivity index (χ0v) is 33.8. The molecule has 50 heavy (non-hydrogen) atoms. The van der Waals surface area contributed by atoms with Crippen LogP contribution in [0.2, 0.25) is 9.26 Å². The van der Waals surface area contributed by atoms with E-state index in [0.717, 1.165) is 8.26 Å². The summed E-state index contributed by atoms with van der Waals surface area (Å²) >= 11 is -5.59. The third-order valence-corrected chi connectivity index (χ3v) is 48.0. The fourth-order valence-electron chi connectivity index (χ4n) is 12.1. The second kappa shape index (κ2) is 10.9. The van der Waals surface area contributed by atoms with E-state index in [4.69, 9.17) is 0 Å². The van der Waals surface area contributed by atoms with E-state index < -0.39 is 14.4 Å². The second-order valence-electron chi connectivity index (χ2n) is 18.2. The monoisotopic (exact) mass is 742 g/mol. The zero-order valence-electron chi connectivity index (χ0n) is 29.9. The van der Waals surface area contributed by atoms with Crippen LogP contribution >= 0.6 is 0 Å². The Kier molecular flexibility index (Phi) is 7.24. The predicted octanol–water partition coefficient (Wildman–Crippen LogP) is 12.4. The van der Waals surface area contributed by atoms with Gasteiger partial charge in [-0.15, -0.1) is 0 Å². The first kappa shape index (κ1) is 33.1. The SMILES string of the molecule is CC1=Cc2c(-c3ccccc3)cccc2[CH]1[Zr]([CH3])([CH3])(=[SiH2])([CH2]c1ccccc1)([CH2]c1ccccc1)[CH]1C(C)=Cc2c(-c3ccccc3)cccc21. The Bertz CT molecular complexity index is 2290. The van der Waals surface area contributed by atoms with Gasteiger partial charge in [0.05, 0.1) is 0 Å². The molecule has 2 aliphatic rings. The van der Waals surface area contributed by atoms with Crippen molar-refractivity contribution >= 4 is 19.0 Å². The van der Waals surface area contributed by atoms with E-state index in [1.807, 2.05) is 0 Å². The molecule has 8 rings (SSSR count). The summed E-state index contributed by atoms with van der Waals surface area (Å²) in [5.41, 5.74) is 17.0. The van der Waals surface area contributed by atoms with Crippen LogP contribution in [0.3, 0.4) is 0 Å². The number of hydrogen-bond donors (Lipinski definition) is 0. The van der Waals surface area contributed by atoms with Crippen LogP contribution in [0.15, 0.2) is 169 Å². The van der Waals surface area contributed by atoms with Gasteiger partial charge in [-0.1, -0.05) is 0 Å². The first-order valence-electron chi connectivity index (χ1n) is 18.3. The van der Waals surface area contributed by atoms with Crippen molar-refractivity contribution in [2.24, 2.45) is 0 Å². The number of benzene rings is 6. The first-order chi connectivity index (χ1) is 23.9. The zero-order chi connectivity index (χ0) is 34.7. The average Bonchev–Trinajstić information content (AvgIpc) is 3.67. The van der Waals surface area contributed by atoms with E-state index in [1.54, 1.807) is 0 Å². The fourth-order valence-corrected chi connectivity index (χ4v) is 54.8. The molecule has 2 heteroatoms. The van der Waals surface area contributed by atoms with Gasteiger partial charge in [-0.25, -0.2) is 0 Å². The van der Waals surface area contributed by atoms with Gasteiger partial charge >= 0.3 is 297 Å².